The molecular weight excluding hydrogens is 390 g/mol. The van der Waals surface area contributed by atoms with Gasteiger partial charge in [0.2, 0.25) is 0 Å². The lowest BCUT2D eigenvalue weighted by atomic mass is 9.98. The number of carbonyl (C=O) groups is 1. The van der Waals surface area contributed by atoms with Crippen LogP contribution in [0.1, 0.15) is 40.5 Å². The summed E-state index contributed by atoms with van der Waals surface area (Å²) in [4.78, 5) is 14.4. The number of aryl methyl sites for hydroxylation is 1. The first-order chi connectivity index (χ1) is 15.1. The van der Waals surface area contributed by atoms with Crippen LogP contribution in [0.3, 0.4) is 0 Å². The van der Waals surface area contributed by atoms with Crippen LogP contribution in [-0.2, 0) is 6.54 Å². The van der Waals surface area contributed by atoms with E-state index in [0.29, 0.717) is 5.69 Å². The molecule has 31 heavy (non-hydrogen) atoms. The van der Waals surface area contributed by atoms with E-state index in [1.165, 1.54) is 22.3 Å². The summed E-state index contributed by atoms with van der Waals surface area (Å²) in [7, 11) is 0. The molecule has 7 heteroatoms. The number of aliphatic hydroxyl groups is 1. The Morgan fingerprint density at radius 1 is 1.16 bits per heavy atom. The van der Waals surface area contributed by atoms with Gasteiger partial charge in [0.05, 0.1) is 18.8 Å². The maximum absolute atomic E-state index is 12.0. The molecular formula is C24H29N5O2. The van der Waals surface area contributed by atoms with Gasteiger partial charge in [-0.25, -0.2) is 4.68 Å². The van der Waals surface area contributed by atoms with Crippen LogP contribution in [0.25, 0.3) is 11.1 Å². The highest BCUT2D eigenvalue weighted by molar-refractivity contribution is 5.91. The molecule has 0 atom stereocenters. The Balaban J connectivity index is 1.34. The predicted molar refractivity (Wildman–Crippen MR) is 120 cm³/mol. The standard InChI is InChI=1S/C24H29N5O2/c1-18-5-2-3-8-22(18)20-7-4-6-19(15-20)16-28-12-9-21(10-13-28)29-17-23(26-27-29)24(31)25-11-14-30/h2-8,15,17,21,30H,9-14,16H2,1H3,(H,25,31). The lowest BCUT2D eigenvalue weighted by Crippen LogP contribution is -2.34. The number of benzene rings is 2. The quantitative estimate of drug-likeness (QED) is 0.615. The number of nitrogens with one attached hydrogen (secondary N) is 1. The Bertz CT molecular complexity index is 1020. The molecule has 1 aliphatic rings. The molecule has 1 aliphatic heterocycles. The number of likely N-dealkylation sites (tertiary alicyclic amines) is 1. The Morgan fingerprint density at radius 2 is 1.97 bits per heavy atom. The van der Waals surface area contributed by atoms with Crippen LogP contribution >= 0.6 is 0 Å². The van der Waals surface area contributed by atoms with Crippen molar-refractivity contribution in [1.82, 2.24) is 25.2 Å². The summed E-state index contributed by atoms with van der Waals surface area (Å²) in [6.45, 7) is 5.16. The van der Waals surface area contributed by atoms with Crippen molar-refractivity contribution >= 4 is 5.91 Å². The zero-order chi connectivity index (χ0) is 21.6. The second-order valence-corrected chi connectivity index (χ2v) is 8.09. The van der Waals surface area contributed by atoms with E-state index < -0.39 is 0 Å². The topological polar surface area (TPSA) is 83.3 Å². The van der Waals surface area contributed by atoms with E-state index in [2.05, 4.69) is 76.0 Å². The molecule has 1 fully saturated rings. The third-order valence-electron chi connectivity index (χ3n) is 5.86. The summed E-state index contributed by atoms with van der Waals surface area (Å²) < 4.78 is 1.81. The Hall–Kier alpha value is -3.03. The van der Waals surface area contributed by atoms with Gasteiger partial charge in [-0.2, -0.15) is 0 Å². The maximum Gasteiger partial charge on any atom is 0.273 e. The normalized spacial score (nSPS) is 15.2. The summed E-state index contributed by atoms with van der Waals surface area (Å²) in [5.74, 6) is -0.300. The molecule has 1 amide bonds. The number of piperidine rings is 1. The van der Waals surface area contributed by atoms with Gasteiger partial charge in [0.25, 0.3) is 5.91 Å². The predicted octanol–water partition coefficient (Wildman–Crippen LogP) is 2.81. The van der Waals surface area contributed by atoms with Crippen molar-refractivity contribution < 1.29 is 9.90 Å². The molecule has 2 N–H and O–H groups in total. The van der Waals surface area contributed by atoms with Gasteiger partial charge in [-0.3, -0.25) is 9.69 Å². The molecule has 3 aromatic rings. The number of carbonyl (C=O) groups excluding carboxylic acids is 1. The lowest BCUT2D eigenvalue weighted by Gasteiger charge is -2.31. The minimum atomic E-state index is -0.300. The zero-order valence-electron chi connectivity index (χ0n) is 17.9. The van der Waals surface area contributed by atoms with Crippen LogP contribution in [-0.4, -0.2) is 57.1 Å². The summed E-state index contributed by atoms with van der Waals surface area (Å²) in [6.07, 6.45) is 3.65. The van der Waals surface area contributed by atoms with Crippen LogP contribution in [0.2, 0.25) is 0 Å². The van der Waals surface area contributed by atoms with Gasteiger partial charge in [-0.15, -0.1) is 5.10 Å². The minimum Gasteiger partial charge on any atom is -0.395 e. The van der Waals surface area contributed by atoms with Gasteiger partial charge in [0, 0.05) is 26.2 Å². The smallest absolute Gasteiger partial charge is 0.273 e. The fourth-order valence-corrected chi connectivity index (χ4v) is 4.15. The molecule has 0 spiro atoms. The molecule has 1 saturated heterocycles. The number of nitrogens with zero attached hydrogens (tertiary/aromatic N) is 4. The minimum absolute atomic E-state index is 0.0911. The van der Waals surface area contributed by atoms with Crippen LogP contribution in [0.5, 0.6) is 0 Å². The SMILES string of the molecule is Cc1ccccc1-c1cccc(CN2CCC(n3cc(C(=O)NCCO)nn3)CC2)c1. The van der Waals surface area contributed by atoms with E-state index in [0.717, 1.165) is 32.5 Å². The molecule has 0 unspecified atom stereocenters. The molecule has 1 aromatic heterocycles. The number of rotatable bonds is 7. The third kappa shape index (κ3) is 5.18. The fourth-order valence-electron chi connectivity index (χ4n) is 4.15. The number of hydrogen-bond donors (Lipinski definition) is 2. The lowest BCUT2D eigenvalue weighted by molar-refractivity contribution is 0.0939. The first kappa shape index (κ1) is 21.2. The maximum atomic E-state index is 12.0. The van der Waals surface area contributed by atoms with Gasteiger partial charge in [0.15, 0.2) is 5.69 Å². The van der Waals surface area contributed by atoms with Gasteiger partial charge in [-0.1, -0.05) is 47.7 Å². The van der Waals surface area contributed by atoms with E-state index in [9.17, 15) is 4.79 Å². The zero-order valence-corrected chi connectivity index (χ0v) is 17.9. The first-order valence-corrected chi connectivity index (χ1v) is 10.8. The van der Waals surface area contributed by atoms with Crippen LogP contribution in [0.4, 0.5) is 0 Å². The number of aromatic nitrogens is 3. The average molecular weight is 420 g/mol. The highest BCUT2D eigenvalue weighted by Crippen LogP contribution is 2.26. The summed E-state index contributed by atoms with van der Waals surface area (Å²) >= 11 is 0. The molecule has 2 heterocycles. The van der Waals surface area contributed by atoms with Crippen LogP contribution < -0.4 is 5.32 Å². The summed E-state index contributed by atoms with van der Waals surface area (Å²) in [5.41, 5.74) is 5.46. The van der Waals surface area contributed by atoms with Crippen molar-refractivity contribution in [3.05, 3.63) is 71.5 Å². The van der Waals surface area contributed by atoms with Crippen molar-refractivity contribution in [2.45, 2.75) is 32.4 Å². The highest BCUT2D eigenvalue weighted by atomic mass is 16.3. The van der Waals surface area contributed by atoms with E-state index in [1.54, 1.807) is 6.20 Å². The number of hydrogen-bond acceptors (Lipinski definition) is 5. The molecule has 162 valence electrons. The molecule has 2 aromatic carbocycles. The molecule has 4 rings (SSSR count). The van der Waals surface area contributed by atoms with Gasteiger partial charge in [-0.05, 0) is 48.1 Å². The van der Waals surface area contributed by atoms with Crippen molar-refractivity contribution in [3.63, 3.8) is 0 Å². The molecule has 0 radical (unpaired) electrons. The van der Waals surface area contributed by atoms with Gasteiger partial charge < -0.3 is 10.4 Å². The second-order valence-electron chi connectivity index (χ2n) is 8.09. The number of amides is 1. The van der Waals surface area contributed by atoms with E-state index in [1.807, 2.05) is 4.68 Å². The molecule has 0 saturated carbocycles. The molecule has 0 aliphatic carbocycles. The first-order valence-electron chi connectivity index (χ1n) is 10.8. The molecule has 0 bridgehead atoms. The van der Waals surface area contributed by atoms with Crippen molar-refractivity contribution in [2.75, 3.05) is 26.2 Å². The fraction of sp³-hybridized carbons (Fsp3) is 0.375. The summed E-state index contributed by atoms with van der Waals surface area (Å²) in [5, 5.41) is 19.6. The average Bonchev–Trinajstić information content (AvgIpc) is 3.29. The van der Waals surface area contributed by atoms with Crippen LogP contribution in [0, 0.1) is 6.92 Å². The molecule has 7 nitrogen and oxygen atoms in total. The van der Waals surface area contributed by atoms with Crippen molar-refractivity contribution in [1.29, 1.82) is 0 Å². The van der Waals surface area contributed by atoms with E-state index >= 15 is 0 Å². The second kappa shape index (κ2) is 9.85. The van der Waals surface area contributed by atoms with E-state index in [-0.39, 0.29) is 25.1 Å². The Kier molecular flexibility index (Phi) is 6.74. The van der Waals surface area contributed by atoms with Gasteiger partial charge in [0.1, 0.15) is 0 Å². The number of aliphatic hydroxyl groups excluding tert-OH is 1. The summed E-state index contributed by atoms with van der Waals surface area (Å²) in [6, 6.07) is 17.6. The van der Waals surface area contributed by atoms with Crippen molar-refractivity contribution in [3.8, 4) is 11.1 Å². The monoisotopic (exact) mass is 419 g/mol. The third-order valence-corrected chi connectivity index (χ3v) is 5.86. The van der Waals surface area contributed by atoms with Crippen molar-refractivity contribution in [2.24, 2.45) is 0 Å². The largest absolute Gasteiger partial charge is 0.395 e. The highest BCUT2D eigenvalue weighted by Gasteiger charge is 2.23. The Labute approximate surface area is 182 Å². The van der Waals surface area contributed by atoms with Crippen LogP contribution in [0.15, 0.2) is 54.7 Å². The van der Waals surface area contributed by atoms with E-state index in [4.69, 9.17) is 5.11 Å². The van der Waals surface area contributed by atoms with Gasteiger partial charge >= 0.3 is 0 Å². The Morgan fingerprint density at radius 3 is 2.74 bits per heavy atom.